The zero-order chi connectivity index (χ0) is 12.0. The first-order valence-electron chi connectivity index (χ1n) is 5.43. The number of nitrogens with one attached hydrogen (secondary N) is 2. The van der Waals surface area contributed by atoms with Crippen LogP contribution in [0.25, 0.3) is 0 Å². The minimum absolute atomic E-state index is 0.00417. The van der Waals surface area contributed by atoms with Crippen molar-refractivity contribution in [1.29, 1.82) is 0 Å². The van der Waals surface area contributed by atoms with E-state index in [0.717, 1.165) is 11.3 Å². The SMILES string of the molecule is CC(C)NC(=O)CNCc1ccccc1N. The van der Waals surface area contributed by atoms with Crippen molar-refractivity contribution in [3.8, 4) is 0 Å². The zero-order valence-corrected chi connectivity index (χ0v) is 9.79. The van der Waals surface area contributed by atoms with Crippen molar-refractivity contribution in [2.45, 2.75) is 26.4 Å². The monoisotopic (exact) mass is 221 g/mol. The first kappa shape index (κ1) is 12.5. The second kappa shape index (κ2) is 6.12. The highest BCUT2D eigenvalue weighted by Gasteiger charge is 2.03. The Bertz CT molecular complexity index is 350. The van der Waals surface area contributed by atoms with E-state index >= 15 is 0 Å². The number of hydrogen-bond donors (Lipinski definition) is 3. The Balaban J connectivity index is 2.31. The van der Waals surface area contributed by atoms with E-state index < -0.39 is 0 Å². The molecule has 0 heterocycles. The van der Waals surface area contributed by atoms with E-state index in [-0.39, 0.29) is 11.9 Å². The lowest BCUT2D eigenvalue weighted by Crippen LogP contribution is -2.37. The molecule has 1 amide bonds. The van der Waals surface area contributed by atoms with Crippen LogP contribution < -0.4 is 16.4 Å². The number of nitrogens with two attached hydrogens (primary N) is 1. The van der Waals surface area contributed by atoms with Crippen molar-refractivity contribution in [1.82, 2.24) is 10.6 Å². The summed E-state index contributed by atoms with van der Waals surface area (Å²) in [5, 5.41) is 5.87. The van der Waals surface area contributed by atoms with Crippen molar-refractivity contribution in [3.05, 3.63) is 29.8 Å². The molecule has 0 radical (unpaired) electrons. The van der Waals surface area contributed by atoms with Gasteiger partial charge in [0.2, 0.25) is 5.91 Å². The number of nitrogen functional groups attached to an aromatic ring is 1. The molecule has 0 spiro atoms. The summed E-state index contributed by atoms with van der Waals surface area (Å²) in [5.41, 5.74) is 7.54. The maximum Gasteiger partial charge on any atom is 0.234 e. The lowest BCUT2D eigenvalue weighted by molar-refractivity contribution is -0.120. The van der Waals surface area contributed by atoms with Gasteiger partial charge in [0.1, 0.15) is 0 Å². The summed E-state index contributed by atoms with van der Waals surface area (Å²) in [4.78, 5) is 11.3. The van der Waals surface area contributed by atoms with E-state index in [1.54, 1.807) is 0 Å². The number of carbonyl (C=O) groups is 1. The van der Waals surface area contributed by atoms with E-state index in [2.05, 4.69) is 10.6 Å². The molecule has 1 rings (SSSR count). The molecule has 0 aromatic heterocycles. The molecule has 0 saturated heterocycles. The van der Waals surface area contributed by atoms with Crippen LogP contribution in [0.3, 0.4) is 0 Å². The fraction of sp³-hybridized carbons (Fsp3) is 0.417. The average Bonchev–Trinajstić information content (AvgIpc) is 2.19. The van der Waals surface area contributed by atoms with Gasteiger partial charge in [0, 0.05) is 18.3 Å². The molecule has 0 saturated carbocycles. The lowest BCUT2D eigenvalue weighted by Gasteiger charge is -2.10. The quantitative estimate of drug-likeness (QED) is 0.647. The molecule has 0 atom stereocenters. The second-order valence-electron chi connectivity index (χ2n) is 4.02. The van der Waals surface area contributed by atoms with Crippen LogP contribution in [-0.4, -0.2) is 18.5 Å². The number of hydrogen-bond acceptors (Lipinski definition) is 3. The Hall–Kier alpha value is -1.55. The van der Waals surface area contributed by atoms with Crippen molar-refractivity contribution < 1.29 is 4.79 Å². The first-order chi connectivity index (χ1) is 7.59. The maximum absolute atomic E-state index is 11.3. The molecule has 0 aliphatic carbocycles. The lowest BCUT2D eigenvalue weighted by atomic mass is 10.2. The Morgan fingerprint density at radius 1 is 1.38 bits per heavy atom. The molecule has 1 aromatic rings. The van der Waals surface area contributed by atoms with Crippen molar-refractivity contribution >= 4 is 11.6 Å². The summed E-state index contributed by atoms with van der Waals surface area (Å²) in [7, 11) is 0. The Morgan fingerprint density at radius 3 is 2.69 bits per heavy atom. The number of anilines is 1. The average molecular weight is 221 g/mol. The van der Waals surface area contributed by atoms with Gasteiger partial charge >= 0.3 is 0 Å². The maximum atomic E-state index is 11.3. The fourth-order valence-electron chi connectivity index (χ4n) is 1.38. The first-order valence-corrected chi connectivity index (χ1v) is 5.43. The topological polar surface area (TPSA) is 67.2 Å². The number of amides is 1. The largest absolute Gasteiger partial charge is 0.398 e. The van der Waals surface area contributed by atoms with Crippen LogP contribution in [0.5, 0.6) is 0 Å². The molecule has 0 bridgehead atoms. The molecular weight excluding hydrogens is 202 g/mol. The van der Waals surface area contributed by atoms with Crippen molar-refractivity contribution in [2.75, 3.05) is 12.3 Å². The number of benzene rings is 1. The van der Waals surface area contributed by atoms with Crippen LogP contribution in [-0.2, 0) is 11.3 Å². The standard InChI is InChI=1S/C12H19N3O/c1-9(2)15-12(16)8-14-7-10-5-3-4-6-11(10)13/h3-6,9,14H,7-8,13H2,1-2H3,(H,15,16). The third kappa shape index (κ3) is 4.31. The van der Waals surface area contributed by atoms with Crippen LogP contribution in [0.4, 0.5) is 5.69 Å². The normalized spacial score (nSPS) is 10.4. The predicted molar refractivity (Wildman–Crippen MR) is 65.8 cm³/mol. The van der Waals surface area contributed by atoms with E-state index in [4.69, 9.17) is 5.73 Å². The smallest absolute Gasteiger partial charge is 0.234 e. The van der Waals surface area contributed by atoms with Gasteiger partial charge in [0.05, 0.1) is 6.54 Å². The molecule has 1 aromatic carbocycles. The van der Waals surface area contributed by atoms with E-state index in [9.17, 15) is 4.79 Å². The van der Waals surface area contributed by atoms with Crippen molar-refractivity contribution in [3.63, 3.8) is 0 Å². The minimum Gasteiger partial charge on any atom is -0.398 e. The van der Waals surface area contributed by atoms with Gasteiger partial charge in [-0.2, -0.15) is 0 Å². The summed E-state index contributed by atoms with van der Waals surface area (Å²) in [6.45, 7) is 4.80. The van der Waals surface area contributed by atoms with Gasteiger partial charge in [-0.25, -0.2) is 0 Å². The third-order valence-corrected chi connectivity index (χ3v) is 2.11. The number of para-hydroxylation sites is 1. The highest BCUT2D eigenvalue weighted by molar-refractivity contribution is 5.78. The molecule has 4 nitrogen and oxygen atoms in total. The fourth-order valence-corrected chi connectivity index (χ4v) is 1.38. The van der Waals surface area contributed by atoms with Crippen LogP contribution in [0.15, 0.2) is 24.3 Å². The van der Waals surface area contributed by atoms with Gasteiger partial charge in [-0.05, 0) is 25.5 Å². The summed E-state index contributed by atoms with van der Waals surface area (Å²) >= 11 is 0. The van der Waals surface area contributed by atoms with Gasteiger partial charge in [0.25, 0.3) is 0 Å². The summed E-state index contributed by atoms with van der Waals surface area (Å²) < 4.78 is 0. The molecule has 4 N–H and O–H groups in total. The molecule has 0 aliphatic heterocycles. The predicted octanol–water partition coefficient (Wildman–Crippen LogP) is 0.883. The Morgan fingerprint density at radius 2 is 2.06 bits per heavy atom. The van der Waals surface area contributed by atoms with Gasteiger partial charge < -0.3 is 16.4 Å². The van der Waals surface area contributed by atoms with Crippen molar-refractivity contribution in [2.24, 2.45) is 0 Å². The summed E-state index contributed by atoms with van der Waals surface area (Å²) in [6, 6.07) is 7.80. The highest BCUT2D eigenvalue weighted by Crippen LogP contribution is 2.09. The zero-order valence-electron chi connectivity index (χ0n) is 9.79. The Labute approximate surface area is 96.2 Å². The summed E-state index contributed by atoms with van der Waals surface area (Å²) in [6.07, 6.45) is 0. The molecule has 0 fully saturated rings. The van der Waals surface area contributed by atoms with Crippen LogP contribution in [0.1, 0.15) is 19.4 Å². The highest BCUT2D eigenvalue weighted by atomic mass is 16.1. The van der Waals surface area contributed by atoms with E-state index in [1.165, 1.54) is 0 Å². The van der Waals surface area contributed by atoms with Gasteiger partial charge in [0.15, 0.2) is 0 Å². The van der Waals surface area contributed by atoms with Crippen LogP contribution >= 0.6 is 0 Å². The molecular formula is C12H19N3O. The van der Waals surface area contributed by atoms with E-state index in [0.29, 0.717) is 13.1 Å². The van der Waals surface area contributed by atoms with Crippen LogP contribution in [0, 0.1) is 0 Å². The number of carbonyl (C=O) groups excluding carboxylic acids is 1. The van der Waals surface area contributed by atoms with Crippen LogP contribution in [0.2, 0.25) is 0 Å². The Kier molecular flexibility index (Phi) is 4.79. The molecule has 0 unspecified atom stereocenters. The molecule has 4 heteroatoms. The molecule has 0 aliphatic rings. The third-order valence-electron chi connectivity index (χ3n) is 2.11. The molecule has 88 valence electrons. The van der Waals surface area contributed by atoms with E-state index in [1.807, 2.05) is 38.1 Å². The van der Waals surface area contributed by atoms with Gasteiger partial charge in [-0.1, -0.05) is 18.2 Å². The molecule has 16 heavy (non-hydrogen) atoms. The minimum atomic E-state index is 0.00417. The van der Waals surface area contributed by atoms with Gasteiger partial charge in [-0.3, -0.25) is 4.79 Å². The second-order valence-corrected chi connectivity index (χ2v) is 4.02. The van der Waals surface area contributed by atoms with Gasteiger partial charge in [-0.15, -0.1) is 0 Å². The summed E-state index contributed by atoms with van der Waals surface area (Å²) in [5.74, 6) is 0.00417. The number of rotatable bonds is 5.